The number of hydrogen-bond acceptors (Lipinski definition) is 6. The molecular weight excluding hydrogens is 576 g/mol. The molecule has 0 aliphatic carbocycles. The predicted molar refractivity (Wildman–Crippen MR) is 162 cm³/mol. The van der Waals surface area contributed by atoms with E-state index in [1.54, 1.807) is 31.3 Å². The molecule has 43 heavy (non-hydrogen) atoms. The lowest BCUT2D eigenvalue weighted by Crippen LogP contribution is -2.46. The molecule has 0 radical (unpaired) electrons. The van der Waals surface area contributed by atoms with Crippen LogP contribution in [0.5, 0.6) is 0 Å². The van der Waals surface area contributed by atoms with E-state index in [1.807, 2.05) is 13.8 Å². The number of rotatable bonds is 16. The van der Waals surface area contributed by atoms with E-state index in [0.29, 0.717) is 41.5 Å². The lowest BCUT2D eigenvalue weighted by atomic mass is 9.94. The van der Waals surface area contributed by atoms with Crippen LogP contribution in [0, 0.1) is 11.6 Å². The molecule has 0 aliphatic heterocycles. The first-order chi connectivity index (χ1) is 20.2. The van der Waals surface area contributed by atoms with Gasteiger partial charge in [0, 0.05) is 43.9 Å². The lowest BCUT2D eigenvalue weighted by Gasteiger charge is -2.29. The predicted octanol–water partition coefficient (Wildman–Crippen LogP) is 4.98. The lowest BCUT2D eigenvalue weighted by molar-refractivity contribution is -0.136. The average molecular weight is 618 g/mol. The van der Waals surface area contributed by atoms with Crippen molar-refractivity contribution in [3.63, 3.8) is 0 Å². The van der Waals surface area contributed by atoms with E-state index in [4.69, 9.17) is 5.11 Å². The second-order valence-corrected chi connectivity index (χ2v) is 13.4. The molecule has 11 heteroatoms. The molecule has 1 aromatic heterocycles. The maximum absolute atomic E-state index is 14.9. The number of pyridine rings is 1. The second kappa shape index (κ2) is 15.0. The number of sulfonamides is 1. The average Bonchev–Trinajstić information content (AvgIpc) is 2.95. The molecule has 8 nitrogen and oxygen atoms in total. The van der Waals surface area contributed by atoms with Crippen LogP contribution < -0.4 is 5.32 Å². The molecule has 0 aliphatic rings. The number of nitrogens with one attached hydrogen (secondary N) is 1. The summed E-state index contributed by atoms with van der Waals surface area (Å²) in [6, 6.07) is 10.7. The summed E-state index contributed by atoms with van der Waals surface area (Å²) in [5, 5.41) is 23.1. The highest BCUT2D eigenvalue weighted by Crippen LogP contribution is 2.32. The first-order valence-corrected chi connectivity index (χ1v) is 15.8. The summed E-state index contributed by atoms with van der Waals surface area (Å²) in [4.78, 5) is 14.9. The standard InChI is InChI=1S/C32H41F2N3O5S/c1-5-22-18-25(31-24(12-14-30(39)40)8-6-10-27(31)33)11-13-29(22)43(41,42)37(4)21-26(38)19-36-32(2,3)16-7-9-23-15-17-35-20-28(23)34/h6,8,10-11,13,15,17-18,20,26,36,38H,5,7,9,12,14,16,19,21H2,1-4H3,(H,39,40). The van der Waals surface area contributed by atoms with Crippen LogP contribution in [0.4, 0.5) is 8.78 Å². The SMILES string of the molecule is CCc1cc(-c2c(F)cccc2CCC(=O)O)ccc1S(=O)(=O)N(C)CC(O)CNC(C)(C)CCCc1ccncc1F. The van der Waals surface area contributed by atoms with Gasteiger partial charge in [-0.1, -0.05) is 25.1 Å². The summed E-state index contributed by atoms with van der Waals surface area (Å²) in [5.74, 6) is -1.84. The number of halogens is 2. The highest BCUT2D eigenvalue weighted by atomic mass is 32.2. The monoisotopic (exact) mass is 617 g/mol. The van der Waals surface area contributed by atoms with Gasteiger partial charge in [-0.3, -0.25) is 9.78 Å². The van der Waals surface area contributed by atoms with Gasteiger partial charge < -0.3 is 15.5 Å². The van der Waals surface area contributed by atoms with Crippen molar-refractivity contribution in [2.45, 2.75) is 75.8 Å². The molecule has 234 valence electrons. The van der Waals surface area contributed by atoms with E-state index in [0.717, 1.165) is 10.7 Å². The highest BCUT2D eigenvalue weighted by Gasteiger charge is 2.27. The molecule has 3 N–H and O–H groups in total. The van der Waals surface area contributed by atoms with Gasteiger partial charge in [0.2, 0.25) is 10.0 Å². The minimum atomic E-state index is -3.99. The number of likely N-dealkylation sites (N-methyl/N-ethyl adjacent to an activating group) is 1. The van der Waals surface area contributed by atoms with Crippen LogP contribution in [0.3, 0.4) is 0 Å². The van der Waals surface area contributed by atoms with Gasteiger partial charge in [0.15, 0.2) is 0 Å². The zero-order chi connectivity index (χ0) is 31.8. The fourth-order valence-electron chi connectivity index (χ4n) is 5.04. The number of aliphatic hydroxyl groups is 1. The number of aliphatic carboxylic acids is 1. The van der Waals surface area contributed by atoms with Crippen LogP contribution in [-0.2, 0) is 34.1 Å². The van der Waals surface area contributed by atoms with Gasteiger partial charge in [-0.05, 0) is 92.5 Å². The third-order valence-electron chi connectivity index (χ3n) is 7.51. The number of aryl methyl sites for hydroxylation is 3. The maximum Gasteiger partial charge on any atom is 0.303 e. The summed E-state index contributed by atoms with van der Waals surface area (Å²) in [5.41, 5.74) is 1.96. The third-order valence-corrected chi connectivity index (χ3v) is 9.44. The number of carbonyl (C=O) groups is 1. The second-order valence-electron chi connectivity index (χ2n) is 11.4. The fraction of sp³-hybridized carbons (Fsp3) is 0.438. The van der Waals surface area contributed by atoms with Gasteiger partial charge in [-0.25, -0.2) is 17.2 Å². The van der Waals surface area contributed by atoms with E-state index < -0.39 is 27.9 Å². The Morgan fingerprint density at radius 2 is 1.81 bits per heavy atom. The highest BCUT2D eigenvalue weighted by molar-refractivity contribution is 7.89. The zero-order valence-corrected chi connectivity index (χ0v) is 25.9. The number of carboxylic acid groups (broad SMARTS) is 1. The Morgan fingerprint density at radius 1 is 1.07 bits per heavy atom. The van der Waals surface area contributed by atoms with Crippen LogP contribution in [0.2, 0.25) is 0 Å². The number of carboxylic acids is 1. The van der Waals surface area contributed by atoms with Gasteiger partial charge in [0.05, 0.1) is 17.2 Å². The summed E-state index contributed by atoms with van der Waals surface area (Å²) in [7, 11) is -2.58. The van der Waals surface area contributed by atoms with Crippen molar-refractivity contribution >= 4 is 16.0 Å². The van der Waals surface area contributed by atoms with Crippen LogP contribution in [0.25, 0.3) is 11.1 Å². The Morgan fingerprint density at radius 3 is 2.49 bits per heavy atom. The summed E-state index contributed by atoms with van der Waals surface area (Å²) in [6.45, 7) is 5.75. The number of benzene rings is 2. The minimum absolute atomic E-state index is 0.0634. The molecule has 3 aromatic rings. The van der Waals surface area contributed by atoms with Crippen molar-refractivity contribution in [3.05, 3.63) is 83.2 Å². The maximum atomic E-state index is 14.9. The molecular formula is C32H41F2N3O5S. The fourth-order valence-corrected chi connectivity index (χ4v) is 6.52. The number of hydrogen-bond donors (Lipinski definition) is 3. The van der Waals surface area contributed by atoms with Gasteiger partial charge in [0.1, 0.15) is 11.6 Å². The van der Waals surface area contributed by atoms with E-state index in [-0.39, 0.29) is 47.7 Å². The molecule has 1 atom stereocenters. The van der Waals surface area contributed by atoms with Gasteiger partial charge in [-0.15, -0.1) is 0 Å². The summed E-state index contributed by atoms with van der Waals surface area (Å²) < 4.78 is 56.9. The van der Waals surface area contributed by atoms with Crippen molar-refractivity contribution in [1.82, 2.24) is 14.6 Å². The van der Waals surface area contributed by atoms with Gasteiger partial charge in [-0.2, -0.15) is 4.31 Å². The molecule has 0 amide bonds. The van der Waals surface area contributed by atoms with E-state index >= 15 is 0 Å². The Bertz CT molecular complexity index is 1510. The summed E-state index contributed by atoms with van der Waals surface area (Å²) >= 11 is 0. The molecule has 2 aromatic carbocycles. The molecule has 0 saturated heterocycles. The molecule has 3 rings (SSSR count). The van der Waals surface area contributed by atoms with Gasteiger partial charge >= 0.3 is 5.97 Å². The quantitative estimate of drug-likeness (QED) is 0.207. The number of nitrogens with zero attached hydrogens (tertiary/aromatic N) is 2. The van der Waals surface area contributed by atoms with Crippen LogP contribution in [-0.4, -0.2) is 65.7 Å². The van der Waals surface area contributed by atoms with Crippen molar-refractivity contribution in [2.24, 2.45) is 0 Å². The van der Waals surface area contributed by atoms with Crippen LogP contribution in [0.1, 0.15) is 56.7 Å². The van der Waals surface area contributed by atoms with Gasteiger partial charge in [0.25, 0.3) is 0 Å². The Balaban J connectivity index is 1.66. The van der Waals surface area contributed by atoms with Crippen molar-refractivity contribution in [3.8, 4) is 11.1 Å². The smallest absolute Gasteiger partial charge is 0.303 e. The number of β-amino-alcohol motifs (C(OH)–C–C–N with tert-alkyl or cyclic N) is 1. The number of aliphatic hydroxyl groups excluding tert-OH is 1. The Hall–Kier alpha value is -3.25. The van der Waals surface area contributed by atoms with E-state index in [1.165, 1.54) is 37.5 Å². The van der Waals surface area contributed by atoms with Crippen LogP contribution in [0.15, 0.2) is 59.8 Å². The molecule has 1 unspecified atom stereocenters. The van der Waals surface area contributed by atoms with Crippen molar-refractivity contribution in [1.29, 1.82) is 0 Å². The van der Waals surface area contributed by atoms with Crippen molar-refractivity contribution < 1.29 is 32.2 Å². The molecule has 0 spiro atoms. The minimum Gasteiger partial charge on any atom is -0.481 e. The third kappa shape index (κ3) is 9.37. The Kier molecular flexibility index (Phi) is 11.9. The first-order valence-electron chi connectivity index (χ1n) is 14.4. The largest absolute Gasteiger partial charge is 0.481 e. The molecule has 0 saturated carbocycles. The normalized spacial score (nSPS) is 12.9. The van der Waals surface area contributed by atoms with Crippen molar-refractivity contribution in [2.75, 3.05) is 20.1 Å². The first kappa shape index (κ1) is 34.2. The number of aromatic nitrogens is 1. The molecule has 1 heterocycles. The van der Waals surface area contributed by atoms with E-state index in [2.05, 4.69) is 10.3 Å². The van der Waals surface area contributed by atoms with E-state index in [9.17, 15) is 27.1 Å². The zero-order valence-electron chi connectivity index (χ0n) is 25.1. The molecule has 0 fully saturated rings. The Labute approximate surface area is 252 Å². The van der Waals surface area contributed by atoms with Crippen LogP contribution >= 0.6 is 0 Å². The summed E-state index contributed by atoms with van der Waals surface area (Å²) in [6.07, 6.45) is 4.09. The molecule has 0 bridgehead atoms. The topological polar surface area (TPSA) is 120 Å².